The summed E-state index contributed by atoms with van der Waals surface area (Å²) in [5.41, 5.74) is 6.22. The molecule has 158 valence electrons. The predicted molar refractivity (Wildman–Crippen MR) is 113 cm³/mol. The molecule has 10 heteroatoms. The molecule has 0 saturated carbocycles. The Balaban J connectivity index is 1.83. The fourth-order valence-electron chi connectivity index (χ4n) is 3.14. The van der Waals surface area contributed by atoms with E-state index in [4.69, 9.17) is 5.73 Å². The van der Waals surface area contributed by atoms with E-state index in [2.05, 4.69) is 26.6 Å². The van der Waals surface area contributed by atoms with Gasteiger partial charge in [-0.05, 0) is 42.5 Å². The van der Waals surface area contributed by atoms with Crippen molar-refractivity contribution in [2.45, 2.75) is 6.17 Å². The Hall–Kier alpha value is -2.98. The number of hydrogen-bond donors (Lipinski definition) is 3. The first-order valence-electron chi connectivity index (χ1n) is 9.28. The Bertz CT molecular complexity index is 940. The van der Waals surface area contributed by atoms with Gasteiger partial charge in [0.1, 0.15) is 5.82 Å². The molecule has 1 atom stereocenters. The van der Waals surface area contributed by atoms with Crippen molar-refractivity contribution in [2.75, 3.05) is 31.5 Å². The van der Waals surface area contributed by atoms with Crippen LogP contribution in [-0.4, -0.2) is 60.0 Å². The minimum absolute atomic E-state index is 0.156. The Morgan fingerprint density at radius 1 is 1.10 bits per heavy atom. The third-order valence-electron chi connectivity index (χ3n) is 4.54. The second-order valence-corrected chi connectivity index (χ2v) is 7.51. The normalized spacial score (nSPS) is 15.8. The Labute approximate surface area is 181 Å². The molecule has 0 radical (unpaired) electrons. The van der Waals surface area contributed by atoms with Crippen LogP contribution in [0.3, 0.4) is 0 Å². The van der Waals surface area contributed by atoms with E-state index in [-0.39, 0.29) is 31.7 Å². The highest BCUT2D eigenvalue weighted by atomic mass is 79.9. The summed E-state index contributed by atoms with van der Waals surface area (Å²) in [4.78, 5) is 41.2. The molecule has 1 heterocycles. The maximum Gasteiger partial charge on any atom is 0.323 e. The first kappa shape index (κ1) is 21.7. The maximum atomic E-state index is 13.2. The molecule has 0 spiro atoms. The molecule has 1 unspecified atom stereocenters. The van der Waals surface area contributed by atoms with Crippen molar-refractivity contribution in [3.05, 3.63) is 64.4 Å². The largest absolute Gasteiger partial charge is 0.351 e. The number of nitrogens with one attached hydrogen (secondary N) is 2. The molecule has 1 fully saturated rings. The molecule has 0 aliphatic carbocycles. The number of nitrogens with zero attached hydrogens (tertiary/aromatic N) is 2. The molecule has 1 saturated heterocycles. The SMILES string of the molecule is NCCNC(=O)C1N(C(=O)Nc2cccc(Br)c2)CCN1C(=O)c1ccc(F)cc1. The molecule has 4 N–H and O–H groups in total. The zero-order chi connectivity index (χ0) is 21.7. The van der Waals surface area contributed by atoms with E-state index in [1.54, 1.807) is 18.2 Å². The smallest absolute Gasteiger partial charge is 0.323 e. The van der Waals surface area contributed by atoms with Crippen LogP contribution in [0.4, 0.5) is 14.9 Å². The van der Waals surface area contributed by atoms with Gasteiger partial charge >= 0.3 is 6.03 Å². The van der Waals surface area contributed by atoms with Gasteiger partial charge in [0.05, 0.1) is 0 Å². The number of urea groups is 1. The lowest BCUT2D eigenvalue weighted by Gasteiger charge is -2.29. The fourth-order valence-corrected chi connectivity index (χ4v) is 3.54. The summed E-state index contributed by atoms with van der Waals surface area (Å²) in [6.07, 6.45) is -1.15. The second kappa shape index (κ2) is 9.68. The highest BCUT2D eigenvalue weighted by Crippen LogP contribution is 2.21. The van der Waals surface area contributed by atoms with Crippen molar-refractivity contribution >= 4 is 39.5 Å². The van der Waals surface area contributed by atoms with Crippen LogP contribution < -0.4 is 16.4 Å². The first-order valence-corrected chi connectivity index (χ1v) is 10.1. The predicted octanol–water partition coefficient (Wildman–Crippen LogP) is 1.98. The van der Waals surface area contributed by atoms with Crippen LogP contribution in [-0.2, 0) is 4.79 Å². The number of rotatable bonds is 5. The number of hydrogen-bond acceptors (Lipinski definition) is 4. The molecule has 1 aliphatic rings. The third kappa shape index (κ3) is 4.95. The maximum absolute atomic E-state index is 13.2. The third-order valence-corrected chi connectivity index (χ3v) is 5.03. The van der Waals surface area contributed by atoms with Crippen molar-refractivity contribution < 1.29 is 18.8 Å². The van der Waals surface area contributed by atoms with E-state index in [1.807, 2.05) is 6.07 Å². The molecule has 0 bridgehead atoms. The number of amides is 4. The van der Waals surface area contributed by atoms with E-state index in [0.717, 1.165) is 4.47 Å². The van der Waals surface area contributed by atoms with Gasteiger partial charge in [-0.2, -0.15) is 0 Å². The minimum atomic E-state index is -1.15. The van der Waals surface area contributed by atoms with E-state index in [1.165, 1.54) is 34.1 Å². The van der Waals surface area contributed by atoms with Gasteiger partial charge in [-0.3, -0.25) is 14.5 Å². The summed E-state index contributed by atoms with van der Waals surface area (Å²) in [6.45, 7) is 0.736. The highest BCUT2D eigenvalue weighted by Gasteiger charge is 2.42. The quantitative estimate of drug-likeness (QED) is 0.611. The van der Waals surface area contributed by atoms with E-state index in [9.17, 15) is 18.8 Å². The average molecular weight is 478 g/mol. The Kier molecular flexibility index (Phi) is 7.01. The molecular formula is C20H21BrFN5O3. The van der Waals surface area contributed by atoms with Crippen LogP contribution in [0.2, 0.25) is 0 Å². The van der Waals surface area contributed by atoms with Crippen LogP contribution in [0.25, 0.3) is 0 Å². The molecule has 2 aromatic carbocycles. The Morgan fingerprint density at radius 2 is 1.80 bits per heavy atom. The van der Waals surface area contributed by atoms with Gasteiger partial charge in [0.25, 0.3) is 11.8 Å². The zero-order valence-electron chi connectivity index (χ0n) is 16.0. The van der Waals surface area contributed by atoms with E-state index >= 15 is 0 Å². The van der Waals surface area contributed by atoms with Gasteiger partial charge in [0.15, 0.2) is 6.17 Å². The molecule has 1 aliphatic heterocycles. The summed E-state index contributed by atoms with van der Waals surface area (Å²) in [6, 6.07) is 11.5. The zero-order valence-corrected chi connectivity index (χ0v) is 17.6. The number of carbonyl (C=O) groups is 3. The lowest BCUT2D eigenvalue weighted by molar-refractivity contribution is -0.127. The summed E-state index contributed by atoms with van der Waals surface area (Å²) >= 11 is 3.34. The molecule has 30 heavy (non-hydrogen) atoms. The molecule has 8 nitrogen and oxygen atoms in total. The van der Waals surface area contributed by atoms with Gasteiger partial charge in [-0.15, -0.1) is 0 Å². The Morgan fingerprint density at radius 3 is 2.47 bits per heavy atom. The van der Waals surface area contributed by atoms with Gasteiger partial charge in [0, 0.05) is 41.9 Å². The first-order chi connectivity index (χ1) is 14.4. The van der Waals surface area contributed by atoms with Crippen molar-refractivity contribution in [3.8, 4) is 0 Å². The molecule has 4 amide bonds. The number of nitrogens with two attached hydrogens (primary N) is 1. The van der Waals surface area contributed by atoms with Gasteiger partial charge in [-0.25, -0.2) is 9.18 Å². The topological polar surface area (TPSA) is 108 Å². The van der Waals surface area contributed by atoms with Crippen LogP contribution >= 0.6 is 15.9 Å². The summed E-state index contributed by atoms with van der Waals surface area (Å²) in [5.74, 6) is -1.46. The molecule has 3 rings (SSSR count). The minimum Gasteiger partial charge on any atom is -0.351 e. The highest BCUT2D eigenvalue weighted by molar-refractivity contribution is 9.10. The van der Waals surface area contributed by atoms with E-state index in [0.29, 0.717) is 5.69 Å². The molecule has 2 aromatic rings. The monoisotopic (exact) mass is 477 g/mol. The van der Waals surface area contributed by atoms with E-state index < -0.39 is 29.8 Å². The number of benzene rings is 2. The van der Waals surface area contributed by atoms with Crippen molar-refractivity contribution in [2.24, 2.45) is 5.73 Å². The van der Waals surface area contributed by atoms with Crippen molar-refractivity contribution in [1.29, 1.82) is 0 Å². The van der Waals surface area contributed by atoms with Crippen LogP contribution in [0.1, 0.15) is 10.4 Å². The van der Waals surface area contributed by atoms with Crippen molar-refractivity contribution in [3.63, 3.8) is 0 Å². The standard InChI is InChI=1S/C20H21BrFN5O3/c21-14-2-1-3-16(12-14)25-20(30)27-11-10-26(18(27)17(28)24-9-8-23)19(29)13-4-6-15(22)7-5-13/h1-7,12,18H,8-11,23H2,(H,24,28)(H,25,30). The number of anilines is 1. The fraction of sp³-hybridized carbons (Fsp3) is 0.250. The molecular weight excluding hydrogens is 457 g/mol. The summed E-state index contributed by atoms with van der Waals surface area (Å²) < 4.78 is 14.0. The summed E-state index contributed by atoms with van der Waals surface area (Å²) in [5, 5.41) is 5.37. The number of halogens is 2. The van der Waals surface area contributed by atoms with Gasteiger partial charge in [0.2, 0.25) is 0 Å². The molecule has 0 aromatic heterocycles. The number of carbonyl (C=O) groups excluding carboxylic acids is 3. The van der Waals surface area contributed by atoms with Gasteiger partial charge in [-0.1, -0.05) is 22.0 Å². The van der Waals surface area contributed by atoms with Crippen LogP contribution in [0.15, 0.2) is 53.0 Å². The average Bonchev–Trinajstić information content (AvgIpc) is 3.17. The lowest BCUT2D eigenvalue weighted by Crippen LogP contribution is -2.55. The summed E-state index contributed by atoms with van der Waals surface area (Å²) in [7, 11) is 0. The van der Waals surface area contributed by atoms with Crippen molar-refractivity contribution in [1.82, 2.24) is 15.1 Å². The van der Waals surface area contributed by atoms with Gasteiger partial charge < -0.3 is 21.3 Å². The second-order valence-electron chi connectivity index (χ2n) is 6.59. The van der Waals surface area contributed by atoms with Crippen LogP contribution in [0.5, 0.6) is 0 Å². The lowest BCUT2D eigenvalue weighted by atomic mass is 10.2. The van der Waals surface area contributed by atoms with Crippen LogP contribution in [0, 0.1) is 5.82 Å².